The van der Waals surface area contributed by atoms with Crippen LogP contribution in [0, 0.1) is 12.7 Å². The van der Waals surface area contributed by atoms with Crippen LogP contribution in [0.5, 0.6) is 0 Å². The van der Waals surface area contributed by atoms with Gasteiger partial charge in [0.2, 0.25) is 0 Å². The molecule has 2 aromatic rings. The Kier molecular flexibility index (Phi) is 4.56. The van der Waals surface area contributed by atoms with E-state index in [9.17, 15) is 4.39 Å². The van der Waals surface area contributed by atoms with Gasteiger partial charge in [-0.1, -0.05) is 29.8 Å². The first kappa shape index (κ1) is 14.0. The van der Waals surface area contributed by atoms with E-state index in [4.69, 9.17) is 17.3 Å². The molecular formula is C16H17ClFN. The lowest BCUT2D eigenvalue weighted by atomic mass is 9.97. The van der Waals surface area contributed by atoms with Crippen molar-refractivity contribution in [2.75, 3.05) is 0 Å². The van der Waals surface area contributed by atoms with E-state index in [2.05, 4.69) is 0 Å². The van der Waals surface area contributed by atoms with Crippen LogP contribution in [-0.2, 0) is 12.8 Å². The third-order valence-electron chi connectivity index (χ3n) is 3.18. The third-order valence-corrected chi connectivity index (χ3v) is 3.42. The van der Waals surface area contributed by atoms with Crippen LogP contribution < -0.4 is 5.73 Å². The van der Waals surface area contributed by atoms with E-state index in [0.29, 0.717) is 11.4 Å². The minimum atomic E-state index is -0.212. The van der Waals surface area contributed by atoms with Crippen molar-refractivity contribution in [2.45, 2.75) is 25.8 Å². The molecule has 1 atom stereocenters. The number of rotatable bonds is 4. The lowest BCUT2D eigenvalue weighted by Crippen LogP contribution is -2.26. The van der Waals surface area contributed by atoms with Gasteiger partial charge >= 0.3 is 0 Å². The van der Waals surface area contributed by atoms with Crippen LogP contribution in [0.3, 0.4) is 0 Å². The summed E-state index contributed by atoms with van der Waals surface area (Å²) in [5, 5.41) is 0.714. The lowest BCUT2D eigenvalue weighted by molar-refractivity contribution is 0.616. The highest BCUT2D eigenvalue weighted by molar-refractivity contribution is 6.30. The molecule has 0 aliphatic carbocycles. The van der Waals surface area contributed by atoms with Crippen LogP contribution in [0.1, 0.15) is 16.7 Å². The fourth-order valence-electron chi connectivity index (χ4n) is 2.18. The van der Waals surface area contributed by atoms with E-state index >= 15 is 0 Å². The maximum absolute atomic E-state index is 13.2. The van der Waals surface area contributed by atoms with Gasteiger partial charge in [0, 0.05) is 11.1 Å². The largest absolute Gasteiger partial charge is 0.327 e. The summed E-state index contributed by atoms with van der Waals surface area (Å²) in [7, 11) is 0. The second-order valence-corrected chi connectivity index (χ2v) is 5.31. The predicted octanol–water partition coefficient (Wildman–Crippen LogP) is 3.90. The molecule has 0 spiro atoms. The number of benzene rings is 2. The van der Waals surface area contributed by atoms with Crippen molar-refractivity contribution in [3.05, 3.63) is 70.0 Å². The minimum Gasteiger partial charge on any atom is -0.327 e. The first-order chi connectivity index (χ1) is 9.04. The van der Waals surface area contributed by atoms with Crippen LogP contribution in [-0.4, -0.2) is 6.04 Å². The number of halogens is 2. The van der Waals surface area contributed by atoms with Gasteiger partial charge in [-0.3, -0.25) is 0 Å². The first-order valence-corrected chi connectivity index (χ1v) is 6.67. The van der Waals surface area contributed by atoms with Crippen LogP contribution in [0.25, 0.3) is 0 Å². The summed E-state index contributed by atoms with van der Waals surface area (Å²) in [4.78, 5) is 0. The minimum absolute atomic E-state index is 0.0426. The van der Waals surface area contributed by atoms with Gasteiger partial charge in [-0.2, -0.15) is 0 Å². The quantitative estimate of drug-likeness (QED) is 0.901. The predicted molar refractivity (Wildman–Crippen MR) is 78.0 cm³/mol. The number of aryl methyl sites for hydroxylation is 1. The molecule has 2 N–H and O–H groups in total. The van der Waals surface area contributed by atoms with Crippen molar-refractivity contribution in [3.8, 4) is 0 Å². The second-order valence-electron chi connectivity index (χ2n) is 4.87. The molecule has 1 unspecified atom stereocenters. The summed E-state index contributed by atoms with van der Waals surface area (Å²) in [5.41, 5.74) is 9.29. The Morgan fingerprint density at radius 1 is 1.16 bits per heavy atom. The van der Waals surface area contributed by atoms with Gasteiger partial charge in [-0.05, 0) is 60.7 Å². The Balaban J connectivity index is 2.05. The van der Waals surface area contributed by atoms with E-state index < -0.39 is 0 Å². The molecule has 0 amide bonds. The van der Waals surface area contributed by atoms with Gasteiger partial charge < -0.3 is 5.73 Å². The van der Waals surface area contributed by atoms with E-state index in [1.807, 2.05) is 31.2 Å². The molecule has 0 bridgehead atoms. The average Bonchev–Trinajstić information content (AvgIpc) is 2.34. The summed E-state index contributed by atoms with van der Waals surface area (Å²) < 4.78 is 13.2. The Morgan fingerprint density at radius 3 is 2.68 bits per heavy atom. The zero-order valence-corrected chi connectivity index (χ0v) is 11.6. The van der Waals surface area contributed by atoms with Crippen molar-refractivity contribution in [1.29, 1.82) is 0 Å². The molecule has 1 nitrogen and oxygen atoms in total. The fourth-order valence-corrected chi connectivity index (χ4v) is 2.39. The monoisotopic (exact) mass is 277 g/mol. The van der Waals surface area contributed by atoms with Gasteiger partial charge in [-0.25, -0.2) is 4.39 Å². The summed E-state index contributed by atoms with van der Waals surface area (Å²) in [6, 6.07) is 12.5. The van der Waals surface area contributed by atoms with Crippen molar-refractivity contribution >= 4 is 11.6 Å². The molecule has 0 aliphatic rings. The van der Waals surface area contributed by atoms with Crippen LogP contribution in [0.2, 0.25) is 5.02 Å². The Bertz CT molecular complexity index is 568. The van der Waals surface area contributed by atoms with Crippen LogP contribution >= 0.6 is 11.6 Å². The van der Waals surface area contributed by atoms with Gasteiger partial charge in [0.15, 0.2) is 0 Å². The molecule has 2 aromatic carbocycles. The summed E-state index contributed by atoms with van der Waals surface area (Å²) in [5.74, 6) is -0.212. The van der Waals surface area contributed by atoms with E-state index in [-0.39, 0.29) is 11.9 Å². The van der Waals surface area contributed by atoms with E-state index in [0.717, 1.165) is 23.1 Å². The number of nitrogens with two attached hydrogens (primary N) is 1. The highest BCUT2D eigenvalue weighted by atomic mass is 35.5. The van der Waals surface area contributed by atoms with Crippen molar-refractivity contribution in [1.82, 2.24) is 0 Å². The molecule has 0 heterocycles. The Hall–Kier alpha value is -1.38. The van der Waals surface area contributed by atoms with Crippen molar-refractivity contribution in [2.24, 2.45) is 5.73 Å². The number of hydrogen-bond acceptors (Lipinski definition) is 1. The van der Waals surface area contributed by atoms with Crippen molar-refractivity contribution in [3.63, 3.8) is 0 Å². The molecule has 0 aliphatic heterocycles. The van der Waals surface area contributed by atoms with Crippen molar-refractivity contribution < 1.29 is 4.39 Å². The molecule has 3 heteroatoms. The molecule has 19 heavy (non-hydrogen) atoms. The summed E-state index contributed by atoms with van der Waals surface area (Å²) >= 11 is 5.94. The van der Waals surface area contributed by atoms with Gasteiger partial charge in [-0.15, -0.1) is 0 Å². The maximum Gasteiger partial charge on any atom is 0.123 e. The molecule has 100 valence electrons. The Labute approximate surface area is 118 Å². The molecule has 0 fully saturated rings. The highest BCUT2D eigenvalue weighted by Crippen LogP contribution is 2.16. The second kappa shape index (κ2) is 6.18. The third kappa shape index (κ3) is 4.05. The maximum atomic E-state index is 13.2. The SMILES string of the molecule is Cc1ccc(F)cc1CC(N)Cc1cccc(Cl)c1. The average molecular weight is 278 g/mol. The van der Waals surface area contributed by atoms with Gasteiger partial charge in [0.1, 0.15) is 5.82 Å². The lowest BCUT2D eigenvalue weighted by Gasteiger charge is -2.14. The van der Waals surface area contributed by atoms with Gasteiger partial charge in [0.05, 0.1) is 0 Å². The normalized spacial score (nSPS) is 12.4. The van der Waals surface area contributed by atoms with Crippen LogP contribution in [0.4, 0.5) is 4.39 Å². The smallest absolute Gasteiger partial charge is 0.123 e. The number of hydrogen-bond donors (Lipinski definition) is 1. The highest BCUT2D eigenvalue weighted by Gasteiger charge is 2.08. The molecular weight excluding hydrogens is 261 g/mol. The molecule has 2 rings (SSSR count). The zero-order valence-electron chi connectivity index (χ0n) is 10.9. The van der Waals surface area contributed by atoms with Crippen LogP contribution in [0.15, 0.2) is 42.5 Å². The van der Waals surface area contributed by atoms with E-state index in [1.165, 1.54) is 6.07 Å². The molecule has 0 saturated carbocycles. The Morgan fingerprint density at radius 2 is 1.95 bits per heavy atom. The molecule has 0 aromatic heterocycles. The van der Waals surface area contributed by atoms with Gasteiger partial charge in [0.25, 0.3) is 0 Å². The molecule has 0 radical (unpaired) electrons. The van der Waals surface area contributed by atoms with E-state index in [1.54, 1.807) is 12.1 Å². The topological polar surface area (TPSA) is 26.0 Å². The summed E-state index contributed by atoms with van der Waals surface area (Å²) in [6.45, 7) is 1.97. The zero-order chi connectivity index (χ0) is 13.8. The standard InChI is InChI=1S/C16H17ClFN/c1-11-5-6-15(18)9-13(11)10-16(19)8-12-3-2-4-14(17)7-12/h2-7,9,16H,8,10,19H2,1H3. The summed E-state index contributed by atoms with van der Waals surface area (Å²) in [6.07, 6.45) is 1.40. The fraction of sp³-hybridized carbons (Fsp3) is 0.250. The first-order valence-electron chi connectivity index (χ1n) is 6.29. The molecule has 0 saturated heterocycles.